The molecule has 1 aliphatic heterocycles. The summed E-state index contributed by atoms with van der Waals surface area (Å²) in [5, 5.41) is 9.56. The van der Waals surface area contributed by atoms with Crippen LogP contribution in [0.1, 0.15) is 12.0 Å². The number of likely N-dealkylation sites (tertiary alicyclic amines) is 1. The van der Waals surface area contributed by atoms with Crippen molar-refractivity contribution in [1.29, 1.82) is 0 Å². The normalized spacial score (nSPS) is 18.9. The molecule has 0 aromatic heterocycles. The van der Waals surface area contributed by atoms with Crippen molar-refractivity contribution in [3.8, 4) is 5.75 Å². The van der Waals surface area contributed by atoms with E-state index in [1.807, 2.05) is 18.2 Å². The number of hydrogen-bond acceptors (Lipinski definition) is 4. The molecule has 1 aromatic carbocycles. The maximum atomic E-state index is 8.85. The molecule has 4 nitrogen and oxygen atoms in total. The van der Waals surface area contributed by atoms with Crippen LogP contribution in [0.15, 0.2) is 18.2 Å². The highest BCUT2D eigenvalue weighted by molar-refractivity contribution is 6.30. The number of ether oxygens (including phenoxy) is 1. The van der Waals surface area contributed by atoms with Gasteiger partial charge >= 0.3 is 0 Å². The Balaban J connectivity index is 0.00000200. The van der Waals surface area contributed by atoms with E-state index in [1.165, 1.54) is 0 Å². The second-order valence-electron chi connectivity index (χ2n) is 4.95. The van der Waals surface area contributed by atoms with Crippen molar-refractivity contribution >= 4 is 24.0 Å². The molecule has 6 heteroatoms. The van der Waals surface area contributed by atoms with Crippen molar-refractivity contribution in [3.63, 3.8) is 0 Å². The number of benzene rings is 1. The Morgan fingerprint density at radius 1 is 1.45 bits per heavy atom. The molecular formula is C14H22Cl2N2O2. The molecule has 0 saturated carbocycles. The highest BCUT2D eigenvalue weighted by atomic mass is 35.5. The van der Waals surface area contributed by atoms with Gasteiger partial charge in [-0.1, -0.05) is 11.6 Å². The summed E-state index contributed by atoms with van der Waals surface area (Å²) in [5.74, 6) is 1.40. The number of aliphatic hydroxyl groups excluding tert-OH is 1. The molecule has 0 spiro atoms. The molecule has 1 aromatic rings. The molecule has 0 radical (unpaired) electrons. The Labute approximate surface area is 131 Å². The number of hydrogen-bond donors (Lipinski definition) is 2. The number of nitrogens with zero attached hydrogens (tertiary/aromatic N) is 1. The molecule has 2 rings (SSSR count). The first-order chi connectivity index (χ1) is 9.22. The van der Waals surface area contributed by atoms with Gasteiger partial charge in [0.25, 0.3) is 0 Å². The Kier molecular flexibility index (Phi) is 7.62. The van der Waals surface area contributed by atoms with E-state index in [0.29, 0.717) is 17.5 Å². The monoisotopic (exact) mass is 320 g/mol. The van der Waals surface area contributed by atoms with Gasteiger partial charge in [0.1, 0.15) is 12.4 Å². The number of halogens is 2. The first kappa shape index (κ1) is 17.5. The molecule has 0 unspecified atom stereocenters. The van der Waals surface area contributed by atoms with E-state index in [-0.39, 0.29) is 19.0 Å². The maximum absolute atomic E-state index is 8.85. The van der Waals surface area contributed by atoms with Crippen LogP contribution in [0.3, 0.4) is 0 Å². The summed E-state index contributed by atoms with van der Waals surface area (Å²) in [6, 6.07) is 5.61. The lowest BCUT2D eigenvalue weighted by Gasteiger charge is -2.18. The summed E-state index contributed by atoms with van der Waals surface area (Å²) < 4.78 is 5.54. The van der Waals surface area contributed by atoms with Crippen LogP contribution in [-0.4, -0.2) is 42.9 Å². The van der Waals surface area contributed by atoms with Gasteiger partial charge in [0.2, 0.25) is 0 Å². The first-order valence-corrected chi connectivity index (χ1v) is 7.05. The summed E-state index contributed by atoms with van der Waals surface area (Å²) >= 11 is 6.05. The minimum Gasteiger partial charge on any atom is -0.491 e. The minimum absolute atomic E-state index is 0. The van der Waals surface area contributed by atoms with Crippen molar-refractivity contribution in [2.45, 2.75) is 13.0 Å². The van der Waals surface area contributed by atoms with E-state index in [9.17, 15) is 0 Å². The van der Waals surface area contributed by atoms with Gasteiger partial charge in [-0.3, -0.25) is 4.90 Å². The van der Waals surface area contributed by atoms with Gasteiger partial charge < -0.3 is 15.6 Å². The SMILES string of the molecule is Cl.NC[C@H]1CCN(Cc2cc(Cl)ccc2OCCO)C1. The van der Waals surface area contributed by atoms with Crippen LogP contribution >= 0.6 is 24.0 Å². The zero-order chi connectivity index (χ0) is 13.7. The van der Waals surface area contributed by atoms with Crippen LogP contribution in [0.25, 0.3) is 0 Å². The van der Waals surface area contributed by atoms with Crippen LogP contribution in [0.5, 0.6) is 5.75 Å². The molecule has 0 bridgehead atoms. The lowest BCUT2D eigenvalue weighted by molar-refractivity contribution is 0.198. The molecule has 20 heavy (non-hydrogen) atoms. The first-order valence-electron chi connectivity index (χ1n) is 6.67. The van der Waals surface area contributed by atoms with E-state index in [2.05, 4.69) is 4.90 Å². The number of aliphatic hydroxyl groups is 1. The molecular weight excluding hydrogens is 299 g/mol. The van der Waals surface area contributed by atoms with Crippen molar-refractivity contribution < 1.29 is 9.84 Å². The van der Waals surface area contributed by atoms with Crippen LogP contribution in [0.4, 0.5) is 0 Å². The van der Waals surface area contributed by atoms with E-state index in [4.69, 9.17) is 27.2 Å². The molecule has 1 fully saturated rings. The van der Waals surface area contributed by atoms with Crippen LogP contribution in [0.2, 0.25) is 5.02 Å². The quantitative estimate of drug-likeness (QED) is 0.840. The smallest absolute Gasteiger partial charge is 0.124 e. The number of rotatable bonds is 6. The van der Waals surface area contributed by atoms with Gasteiger partial charge in [-0.2, -0.15) is 0 Å². The third-order valence-electron chi connectivity index (χ3n) is 3.47. The van der Waals surface area contributed by atoms with Crippen molar-refractivity contribution in [2.24, 2.45) is 11.7 Å². The van der Waals surface area contributed by atoms with Crippen molar-refractivity contribution in [3.05, 3.63) is 28.8 Å². The van der Waals surface area contributed by atoms with E-state index >= 15 is 0 Å². The highest BCUT2D eigenvalue weighted by Gasteiger charge is 2.22. The maximum Gasteiger partial charge on any atom is 0.124 e. The standard InChI is InChI=1S/C14H21ClN2O2.ClH/c15-13-1-2-14(19-6-5-18)12(7-13)10-17-4-3-11(8-16)9-17;/h1-2,7,11,18H,3-6,8-10,16H2;1H/t11-;/m1./s1. The largest absolute Gasteiger partial charge is 0.491 e. The van der Waals surface area contributed by atoms with Gasteiger partial charge in [0, 0.05) is 23.7 Å². The van der Waals surface area contributed by atoms with Crippen molar-refractivity contribution in [2.75, 3.05) is 32.8 Å². The van der Waals surface area contributed by atoms with Gasteiger partial charge in [-0.25, -0.2) is 0 Å². The van der Waals surface area contributed by atoms with Crippen LogP contribution in [-0.2, 0) is 6.54 Å². The van der Waals surface area contributed by atoms with E-state index in [0.717, 1.165) is 43.9 Å². The molecule has 3 N–H and O–H groups in total. The zero-order valence-electron chi connectivity index (χ0n) is 11.4. The Morgan fingerprint density at radius 3 is 2.90 bits per heavy atom. The van der Waals surface area contributed by atoms with E-state index in [1.54, 1.807) is 0 Å². The van der Waals surface area contributed by atoms with E-state index < -0.39 is 0 Å². The summed E-state index contributed by atoms with van der Waals surface area (Å²) in [4.78, 5) is 2.37. The average Bonchev–Trinajstić information content (AvgIpc) is 2.85. The Morgan fingerprint density at radius 2 is 2.25 bits per heavy atom. The van der Waals surface area contributed by atoms with Gasteiger partial charge in [0.15, 0.2) is 0 Å². The summed E-state index contributed by atoms with van der Waals surface area (Å²) in [7, 11) is 0. The fourth-order valence-corrected chi connectivity index (χ4v) is 2.65. The second-order valence-corrected chi connectivity index (χ2v) is 5.39. The lowest BCUT2D eigenvalue weighted by Crippen LogP contribution is -2.23. The average molecular weight is 321 g/mol. The fourth-order valence-electron chi connectivity index (χ4n) is 2.46. The van der Waals surface area contributed by atoms with Crippen molar-refractivity contribution in [1.82, 2.24) is 4.90 Å². The molecule has 1 atom stereocenters. The molecule has 1 heterocycles. The molecule has 0 aliphatic carbocycles. The summed E-state index contributed by atoms with van der Waals surface area (Å²) in [6.45, 7) is 3.98. The van der Waals surface area contributed by atoms with Gasteiger partial charge in [-0.15, -0.1) is 12.4 Å². The molecule has 0 amide bonds. The summed E-state index contributed by atoms with van der Waals surface area (Å²) in [5.41, 5.74) is 6.78. The van der Waals surface area contributed by atoms with Gasteiger partial charge in [0.05, 0.1) is 6.61 Å². The fraction of sp³-hybridized carbons (Fsp3) is 0.571. The second kappa shape index (κ2) is 8.70. The predicted molar refractivity (Wildman–Crippen MR) is 83.7 cm³/mol. The topological polar surface area (TPSA) is 58.7 Å². The Bertz CT molecular complexity index is 418. The summed E-state index contributed by atoms with van der Waals surface area (Å²) in [6.07, 6.45) is 1.16. The third kappa shape index (κ3) is 4.79. The van der Waals surface area contributed by atoms with Crippen LogP contribution < -0.4 is 10.5 Å². The van der Waals surface area contributed by atoms with Crippen LogP contribution in [0, 0.1) is 5.92 Å². The lowest BCUT2D eigenvalue weighted by atomic mass is 10.1. The third-order valence-corrected chi connectivity index (χ3v) is 3.70. The molecule has 1 aliphatic rings. The Hall–Kier alpha value is -0.520. The zero-order valence-corrected chi connectivity index (χ0v) is 13.0. The predicted octanol–water partition coefficient (Wildman–Crippen LogP) is 1.91. The van der Waals surface area contributed by atoms with Gasteiger partial charge in [-0.05, 0) is 43.6 Å². The minimum atomic E-state index is 0. The molecule has 1 saturated heterocycles. The molecule has 114 valence electrons. The highest BCUT2D eigenvalue weighted by Crippen LogP contribution is 2.26. The number of nitrogens with two attached hydrogens (primary N) is 1.